The first-order chi connectivity index (χ1) is 27.4. The van der Waals surface area contributed by atoms with Crippen LogP contribution < -0.4 is 5.73 Å². The summed E-state index contributed by atoms with van der Waals surface area (Å²) in [5.74, 6) is -4.33. The van der Waals surface area contributed by atoms with E-state index in [1.165, 1.54) is 48.5 Å². The van der Waals surface area contributed by atoms with Crippen molar-refractivity contribution in [3.63, 3.8) is 0 Å². The van der Waals surface area contributed by atoms with Crippen LogP contribution in [0, 0.1) is 16.6 Å². The number of ether oxygens (including phenoxy) is 1. The number of aliphatic imine (C=N–C) groups is 1. The van der Waals surface area contributed by atoms with Gasteiger partial charge in [-0.05, 0) is 65.8 Å². The van der Waals surface area contributed by atoms with Crippen LogP contribution in [0.25, 0.3) is 22.5 Å². The number of sulfone groups is 1. The van der Waals surface area contributed by atoms with Crippen molar-refractivity contribution in [1.29, 1.82) is 0 Å². The molecule has 2 atom stereocenters. The second-order valence-electron chi connectivity index (χ2n) is 15.1. The Morgan fingerprint density at radius 2 is 1.64 bits per heavy atom. The molecule has 21 heteroatoms. The zero-order valence-corrected chi connectivity index (χ0v) is 32.9. The van der Waals surface area contributed by atoms with Crippen LogP contribution in [0.3, 0.4) is 0 Å². The second-order valence-corrected chi connectivity index (χ2v) is 17.5. The summed E-state index contributed by atoms with van der Waals surface area (Å²) in [5.41, 5.74) is -0.0141. The molecule has 1 fully saturated rings. The second kappa shape index (κ2) is 15.5. The van der Waals surface area contributed by atoms with Crippen molar-refractivity contribution in [2.24, 2.45) is 21.6 Å². The maximum Gasteiger partial charge on any atom is 0.394 e. The molecule has 6 rings (SSSR count). The van der Waals surface area contributed by atoms with Crippen LogP contribution in [-0.2, 0) is 29.7 Å². The average molecular weight is 875 g/mol. The van der Waals surface area contributed by atoms with Gasteiger partial charge in [0.1, 0.15) is 23.6 Å². The van der Waals surface area contributed by atoms with Crippen molar-refractivity contribution >= 4 is 39.3 Å². The highest BCUT2D eigenvalue weighted by atomic mass is 35.5. The number of carbonyl (C=O) groups excluding carboxylic acids is 2. The Labute approximate surface area is 337 Å². The molecule has 2 N–H and O–H groups in total. The van der Waals surface area contributed by atoms with Gasteiger partial charge in [0.15, 0.2) is 27.2 Å². The molecule has 0 saturated heterocycles. The first-order valence-electron chi connectivity index (χ1n) is 17.7. The molecule has 3 aromatic carbocycles. The summed E-state index contributed by atoms with van der Waals surface area (Å²) in [6.45, 7) is -2.30. The number of amides is 1. The van der Waals surface area contributed by atoms with Crippen molar-refractivity contribution in [2.75, 3.05) is 12.9 Å². The van der Waals surface area contributed by atoms with Crippen molar-refractivity contribution < 1.29 is 57.9 Å². The lowest BCUT2D eigenvalue weighted by Gasteiger charge is -2.37. The van der Waals surface area contributed by atoms with Gasteiger partial charge in [0.2, 0.25) is 6.43 Å². The number of carbonyl (C=O) groups is 2. The van der Waals surface area contributed by atoms with Crippen molar-refractivity contribution in [3.8, 4) is 22.5 Å². The highest BCUT2D eigenvalue weighted by Gasteiger charge is 2.59. The number of hydrogen-bond donors (Lipinski definition) is 1. The molecule has 1 aliphatic heterocycles. The summed E-state index contributed by atoms with van der Waals surface area (Å²) in [5, 5.41) is 3.38. The zero-order chi connectivity index (χ0) is 43.5. The Hall–Kier alpha value is -5.11. The van der Waals surface area contributed by atoms with Gasteiger partial charge >= 0.3 is 18.7 Å². The quantitative estimate of drug-likeness (QED) is 0.0984. The van der Waals surface area contributed by atoms with E-state index in [0.29, 0.717) is 0 Å². The number of alkyl halides is 7. The van der Waals surface area contributed by atoms with E-state index >= 15 is 0 Å². The van der Waals surface area contributed by atoms with Gasteiger partial charge in [-0.1, -0.05) is 61.8 Å². The maximum absolute atomic E-state index is 15.0. The minimum atomic E-state index is -4.90. The number of rotatable bonds is 14. The lowest BCUT2D eigenvalue weighted by molar-refractivity contribution is -0.218. The largest absolute Gasteiger partial charge is 0.463 e. The number of nitrogens with two attached hydrogens (primary N) is 1. The normalized spacial score (nSPS) is 18.7. The molecular weight excluding hydrogens is 840 g/mol. The minimum absolute atomic E-state index is 0.0108. The van der Waals surface area contributed by atoms with E-state index in [1.54, 1.807) is 0 Å². The van der Waals surface area contributed by atoms with E-state index in [2.05, 4.69) is 15.1 Å². The molecule has 0 bridgehead atoms. The van der Waals surface area contributed by atoms with E-state index in [1.807, 2.05) is 0 Å². The highest BCUT2D eigenvalue weighted by Crippen LogP contribution is 2.54. The summed E-state index contributed by atoms with van der Waals surface area (Å²) < 4.78 is 143. The number of aromatic nitrogens is 3. The van der Waals surface area contributed by atoms with Crippen LogP contribution in [0.4, 0.5) is 35.1 Å². The summed E-state index contributed by atoms with van der Waals surface area (Å²) in [4.78, 5) is 36.4. The molecule has 1 saturated carbocycles. The lowest BCUT2D eigenvalue weighted by Crippen LogP contribution is -2.49. The molecule has 0 unspecified atom stereocenters. The van der Waals surface area contributed by atoms with Crippen LogP contribution in [0.1, 0.15) is 63.2 Å². The first kappa shape index (κ1) is 43.5. The molecule has 1 aromatic heterocycles. The van der Waals surface area contributed by atoms with E-state index < -0.39 is 105 Å². The van der Waals surface area contributed by atoms with Crippen LogP contribution in [0.5, 0.6) is 0 Å². The van der Waals surface area contributed by atoms with Crippen LogP contribution in [0.2, 0.25) is 5.02 Å². The molecule has 1 aliphatic carbocycles. The van der Waals surface area contributed by atoms with Gasteiger partial charge < -0.3 is 10.5 Å². The van der Waals surface area contributed by atoms with Gasteiger partial charge in [-0.25, -0.2) is 31.6 Å². The van der Waals surface area contributed by atoms with Gasteiger partial charge in [-0.3, -0.25) is 14.5 Å². The number of nitrogens with zero attached hydrogens (tertiary/aromatic N) is 5. The van der Waals surface area contributed by atoms with Crippen LogP contribution >= 0.6 is 11.6 Å². The van der Waals surface area contributed by atoms with E-state index in [-0.39, 0.29) is 50.4 Å². The predicted molar refractivity (Wildman–Crippen MR) is 197 cm³/mol. The molecular formula is C38H35ClF8N6O5S. The standard InChI is InChI=1S/C38H35ClF8N6O5S/c1-35(2,38(45,46)47)18-37(23-8-4-20(5-9-23)21-7-11-28(26(40)15-21)59(3,56)57)32(55)52(34(48)51-37)27(17-58-29(54)16-36(12-13-36)31(41)42)22-6-10-25(39)24(14-22)30-49-19-50-53(30)33(43)44/h4-11,14-15,19,27,31,33H,12-13,16-18H2,1-3H3,(H2,48,51)/t27-,37-/m1/s1. The molecule has 59 heavy (non-hydrogen) atoms. The summed E-state index contributed by atoms with van der Waals surface area (Å²) in [7, 11) is -3.91. The van der Waals surface area contributed by atoms with Crippen molar-refractivity contribution in [3.05, 3.63) is 89.0 Å². The Balaban J connectivity index is 1.45. The Kier molecular flexibility index (Phi) is 11.4. The van der Waals surface area contributed by atoms with Gasteiger partial charge in [0.05, 0.1) is 22.9 Å². The van der Waals surface area contributed by atoms with Gasteiger partial charge in [0, 0.05) is 17.2 Å². The maximum atomic E-state index is 15.0. The third-order valence-corrected chi connectivity index (χ3v) is 12.0. The van der Waals surface area contributed by atoms with Gasteiger partial charge in [-0.15, -0.1) is 0 Å². The van der Waals surface area contributed by atoms with E-state index in [4.69, 9.17) is 22.1 Å². The fraction of sp³-hybridized carbons (Fsp3) is 0.395. The van der Waals surface area contributed by atoms with E-state index in [0.717, 1.165) is 43.5 Å². The van der Waals surface area contributed by atoms with Gasteiger partial charge in [0.25, 0.3) is 5.91 Å². The molecule has 0 spiro atoms. The minimum Gasteiger partial charge on any atom is -0.463 e. The first-order valence-corrected chi connectivity index (χ1v) is 20.0. The molecule has 2 aliphatic rings. The SMILES string of the molecule is CC(C)(C[C@]1(c2ccc(-c3ccc(S(C)(=O)=O)c(F)c3)cc2)N=C(N)N([C@H](COC(=O)CC2(C(F)F)CC2)c2ccc(Cl)c(-c3ncnn3C(F)F)c2)C1=O)C(F)(F)F. The molecule has 4 aromatic rings. The number of benzene rings is 3. The van der Waals surface area contributed by atoms with E-state index in [9.17, 15) is 53.1 Å². The lowest BCUT2D eigenvalue weighted by atomic mass is 9.74. The Morgan fingerprint density at radius 3 is 2.20 bits per heavy atom. The molecule has 11 nitrogen and oxygen atoms in total. The summed E-state index contributed by atoms with van der Waals surface area (Å²) in [6, 6.07) is 10.8. The number of esters is 1. The molecule has 316 valence electrons. The van der Waals surface area contributed by atoms with Gasteiger partial charge in [-0.2, -0.15) is 31.7 Å². The van der Waals surface area contributed by atoms with Crippen molar-refractivity contribution in [2.45, 2.75) is 75.2 Å². The molecule has 2 heterocycles. The predicted octanol–water partition coefficient (Wildman–Crippen LogP) is 8.25. The van der Waals surface area contributed by atoms with Crippen LogP contribution in [0.15, 0.2) is 76.9 Å². The monoisotopic (exact) mass is 874 g/mol. The molecule has 0 radical (unpaired) electrons. The van der Waals surface area contributed by atoms with Crippen LogP contribution in [-0.4, -0.2) is 71.4 Å². The number of hydrogen-bond acceptors (Lipinski definition) is 9. The fourth-order valence-electron chi connectivity index (χ4n) is 6.94. The Bertz CT molecular complexity index is 2420. The summed E-state index contributed by atoms with van der Waals surface area (Å²) in [6.07, 6.45) is -7.69. The average Bonchev–Trinajstić information content (AvgIpc) is 3.67. The fourth-order valence-corrected chi connectivity index (χ4v) is 7.87. The third-order valence-electron chi connectivity index (χ3n) is 10.6. The summed E-state index contributed by atoms with van der Waals surface area (Å²) >= 11 is 6.39. The topological polar surface area (TPSA) is 150 Å². The Morgan fingerprint density at radius 1 is 1.00 bits per heavy atom. The smallest absolute Gasteiger partial charge is 0.394 e. The van der Waals surface area contributed by atoms with Crippen molar-refractivity contribution in [1.82, 2.24) is 19.7 Å². The third kappa shape index (κ3) is 8.37. The molecule has 1 amide bonds. The highest BCUT2D eigenvalue weighted by molar-refractivity contribution is 7.90. The number of halogens is 9. The zero-order valence-electron chi connectivity index (χ0n) is 31.3. The number of guanidine groups is 1.